The highest BCUT2D eigenvalue weighted by Gasteiger charge is 2.21. The molecule has 1 amide bonds. The van der Waals surface area contributed by atoms with Crippen molar-refractivity contribution in [3.8, 4) is 0 Å². The van der Waals surface area contributed by atoms with E-state index in [-0.39, 0.29) is 22.3 Å². The molecular weight excluding hydrogens is 488 g/mol. The summed E-state index contributed by atoms with van der Waals surface area (Å²) in [6.07, 6.45) is 0.743. The van der Waals surface area contributed by atoms with Gasteiger partial charge >= 0.3 is 5.97 Å². The lowest BCUT2D eigenvalue weighted by Gasteiger charge is -2.09. The van der Waals surface area contributed by atoms with Gasteiger partial charge < -0.3 is 14.6 Å². The minimum Gasteiger partial charge on any atom is -0.462 e. The van der Waals surface area contributed by atoms with Crippen LogP contribution in [0.25, 0.3) is 0 Å². The number of esters is 1. The number of carbonyl (C=O) groups is 2. The lowest BCUT2D eigenvalue weighted by molar-refractivity contribution is -0.113. The number of sulfone groups is 1. The minimum atomic E-state index is -3.58. The van der Waals surface area contributed by atoms with Crippen LogP contribution in [0.1, 0.15) is 42.0 Å². The van der Waals surface area contributed by atoms with Gasteiger partial charge in [-0.2, -0.15) is 0 Å². The third-order valence-corrected chi connectivity index (χ3v) is 7.58. The average molecular weight is 517 g/mol. The van der Waals surface area contributed by atoms with Crippen LogP contribution in [0.4, 0.5) is 5.69 Å². The molecule has 0 aliphatic heterocycles. The number of anilines is 1. The van der Waals surface area contributed by atoms with Crippen molar-refractivity contribution in [3.05, 3.63) is 65.5 Å². The van der Waals surface area contributed by atoms with Crippen molar-refractivity contribution in [1.82, 2.24) is 14.8 Å². The molecule has 0 aliphatic rings. The number of hydrogen-bond donors (Lipinski definition) is 1. The lowest BCUT2D eigenvalue weighted by Crippen LogP contribution is -2.15. The SMILES string of the molecule is CCCOC(=O)c1ccc(NC(=O)CSc2nnc(CS(=O)(=O)c3ccc(C)cc3)n2CC)cc1. The standard InChI is InChI=1S/C24H28N4O5S2/c1-4-14-33-23(30)18-8-10-19(11-9-18)25-22(29)15-34-24-27-26-21(28(24)5-2)16-35(31,32)20-12-6-17(3)7-13-20/h6-13H,4-5,14-16H2,1-3H3,(H,25,29). The molecule has 3 aromatic rings. The molecule has 35 heavy (non-hydrogen) atoms. The van der Waals surface area contributed by atoms with Crippen molar-refractivity contribution in [2.75, 3.05) is 17.7 Å². The molecule has 0 bridgehead atoms. The van der Waals surface area contributed by atoms with E-state index in [0.717, 1.165) is 12.0 Å². The number of amides is 1. The molecule has 1 heterocycles. The van der Waals surface area contributed by atoms with Crippen molar-refractivity contribution >= 4 is 39.2 Å². The summed E-state index contributed by atoms with van der Waals surface area (Å²) in [5.41, 5.74) is 1.93. The van der Waals surface area contributed by atoms with E-state index < -0.39 is 15.8 Å². The first kappa shape index (κ1) is 26.4. The molecule has 2 aromatic carbocycles. The lowest BCUT2D eigenvalue weighted by atomic mass is 10.2. The molecule has 186 valence electrons. The zero-order valence-electron chi connectivity index (χ0n) is 19.9. The molecule has 0 radical (unpaired) electrons. The van der Waals surface area contributed by atoms with Crippen LogP contribution in [0.2, 0.25) is 0 Å². The van der Waals surface area contributed by atoms with E-state index in [9.17, 15) is 18.0 Å². The van der Waals surface area contributed by atoms with Gasteiger partial charge in [-0.1, -0.05) is 36.4 Å². The predicted molar refractivity (Wildman–Crippen MR) is 134 cm³/mol. The summed E-state index contributed by atoms with van der Waals surface area (Å²) >= 11 is 1.17. The largest absolute Gasteiger partial charge is 0.462 e. The molecule has 1 N–H and O–H groups in total. The molecule has 3 rings (SSSR count). The maximum atomic E-state index is 12.8. The van der Waals surface area contributed by atoms with Gasteiger partial charge in [0.25, 0.3) is 0 Å². The van der Waals surface area contributed by atoms with Gasteiger partial charge in [-0.25, -0.2) is 13.2 Å². The zero-order valence-corrected chi connectivity index (χ0v) is 21.5. The monoisotopic (exact) mass is 516 g/mol. The summed E-state index contributed by atoms with van der Waals surface area (Å²) in [5.74, 6) is -0.573. The Morgan fingerprint density at radius 3 is 2.34 bits per heavy atom. The molecule has 0 atom stereocenters. The van der Waals surface area contributed by atoms with Crippen LogP contribution in [-0.4, -0.2) is 47.4 Å². The molecule has 0 aliphatic carbocycles. The van der Waals surface area contributed by atoms with E-state index in [2.05, 4.69) is 15.5 Å². The van der Waals surface area contributed by atoms with Gasteiger partial charge in [-0.3, -0.25) is 4.79 Å². The fraction of sp³-hybridized carbons (Fsp3) is 0.333. The van der Waals surface area contributed by atoms with Crippen LogP contribution in [0, 0.1) is 6.92 Å². The molecular formula is C24H28N4O5S2. The van der Waals surface area contributed by atoms with E-state index in [1.165, 1.54) is 11.8 Å². The van der Waals surface area contributed by atoms with E-state index in [1.807, 2.05) is 20.8 Å². The first-order valence-corrected chi connectivity index (χ1v) is 13.8. The van der Waals surface area contributed by atoms with Crippen LogP contribution >= 0.6 is 11.8 Å². The topological polar surface area (TPSA) is 120 Å². The molecule has 1 aromatic heterocycles. The van der Waals surface area contributed by atoms with Gasteiger partial charge in [-0.15, -0.1) is 10.2 Å². The van der Waals surface area contributed by atoms with E-state index in [1.54, 1.807) is 53.1 Å². The van der Waals surface area contributed by atoms with Crippen molar-refractivity contribution in [2.24, 2.45) is 0 Å². The molecule has 0 fully saturated rings. The number of thioether (sulfide) groups is 1. The number of aromatic nitrogens is 3. The van der Waals surface area contributed by atoms with Crippen LogP contribution in [0.5, 0.6) is 0 Å². The highest BCUT2D eigenvalue weighted by Crippen LogP contribution is 2.22. The number of hydrogen-bond acceptors (Lipinski definition) is 8. The van der Waals surface area contributed by atoms with Crippen LogP contribution in [-0.2, 0) is 31.7 Å². The molecule has 11 heteroatoms. The van der Waals surface area contributed by atoms with Crippen molar-refractivity contribution in [1.29, 1.82) is 0 Å². The second-order valence-corrected chi connectivity index (χ2v) is 10.7. The average Bonchev–Trinajstić information content (AvgIpc) is 3.22. The number of carbonyl (C=O) groups excluding carboxylic acids is 2. The fourth-order valence-electron chi connectivity index (χ4n) is 3.14. The fourth-order valence-corrected chi connectivity index (χ4v) is 5.24. The second kappa shape index (κ2) is 12.0. The smallest absolute Gasteiger partial charge is 0.338 e. The van der Waals surface area contributed by atoms with Crippen molar-refractivity contribution in [2.45, 2.75) is 49.5 Å². The molecule has 0 unspecified atom stereocenters. The Kier molecular flexibility index (Phi) is 9.05. The first-order chi connectivity index (χ1) is 16.7. The Morgan fingerprint density at radius 1 is 1.03 bits per heavy atom. The third kappa shape index (κ3) is 7.15. The van der Waals surface area contributed by atoms with Gasteiger partial charge in [0, 0.05) is 12.2 Å². The molecule has 9 nitrogen and oxygen atoms in total. The third-order valence-electron chi connectivity index (χ3n) is 4.98. The number of aryl methyl sites for hydroxylation is 1. The highest BCUT2D eigenvalue weighted by molar-refractivity contribution is 7.99. The summed E-state index contributed by atoms with van der Waals surface area (Å²) in [5, 5.41) is 11.4. The second-order valence-electron chi connectivity index (χ2n) is 7.77. The Morgan fingerprint density at radius 2 is 1.71 bits per heavy atom. The summed E-state index contributed by atoms with van der Waals surface area (Å²) in [6.45, 7) is 6.49. The Bertz CT molecular complexity index is 1270. The van der Waals surface area contributed by atoms with E-state index in [4.69, 9.17) is 4.74 Å². The van der Waals surface area contributed by atoms with Crippen molar-refractivity contribution < 1.29 is 22.7 Å². The Hall–Kier alpha value is -3.18. The highest BCUT2D eigenvalue weighted by atomic mass is 32.2. The number of nitrogens with one attached hydrogen (secondary N) is 1. The van der Waals surface area contributed by atoms with Crippen molar-refractivity contribution in [3.63, 3.8) is 0 Å². The zero-order chi connectivity index (χ0) is 25.4. The summed E-state index contributed by atoms with van der Waals surface area (Å²) in [4.78, 5) is 24.5. The van der Waals surface area contributed by atoms with Crippen LogP contribution < -0.4 is 5.32 Å². The Balaban J connectivity index is 1.59. The summed E-state index contributed by atoms with van der Waals surface area (Å²) in [7, 11) is -3.58. The van der Waals surface area contributed by atoms with Gasteiger partial charge in [0.15, 0.2) is 15.0 Å². The number of nitrogens with zero attached hydrogens (tertiary/aromatic N) is 3. The number of benzene rings is 2. The van der Waals surface area contributed by atoms with E-state index in [0.29, 0.717) is 35.4 Å². The quantitative estimate of drug-likeness (QED) is 0.301. The number of ether oxygens (including phenoxy) is 1. The van der Waals surface area contributed by atoms with Gasteiger partial charge in [-0.05, 0) is 56.7 Å². The van der Waals surface area contributed by atoms with Gasteiger partial charge in [0.1, 0.15) is 11.6 Å². The van der Waals surface area contributed by atoms with E-state index >= 15 is 0 Å². The summed E-state index contributed by atoms with van der Waals surface area (Å²) in [6, 6.07) is 13.1. The predicted octanol–water partition coefficient (Wildman–Crippen LogP) is 3.88. The molecule has 0 saturated heterocycles. The minimum absolute atomic E-state index is 0.0587. The maximum absolute atomic E-state index is 12.8. The Labute approximate surface area is 209 Å². The molecule has 0 saturated carbocycles. The first-order valence-electron chi connectivity index (χ1n) is 11.1. The maximum Gasteiger partial charge on any atom is 0.338 e. The number of rotatable bonds is 11. The van der Waals surface area contributed by atoms with Gasteiger partial charge in [0.2, 0.25) is 5.91 Å². The normalized spacial score (nSPS) is 11.3. The van der Waals surface area contributed by atoms with Crippen LogP contribution in [0.3, 0.4) is 0 Å². The summed E-state index contributed by atoms with van der Waals surface area (Å²) < 4.78 is 32.4. The molecule has 0 spiro atoms. The van der Waals surface area contributed by atoms with Gasteiger partial charge in [0.05, 0.1) is 22.8 Å². The van der Waals surface area contributed by atoms with Crippen LogP contribution in [0.15, 0.2) is 58.6 Å².